The van der Waals surface area contributed by atoms with Gasteiger partial charge in [0.1, 0.15) is 5.82 Å². The molecule has 0 saturated carbocycles. The van der Waals surface area contributed by atoms with Crippen LogP contribution in [-0.4, -0.2) is 16.7 Å². The van der Waals surface area contributed by atoms with Gasteiger partial charge in [-0.1, -0.05) is 23.2 Å². The van der Waals surface area contributed by atoms with Crippen LogP contribution in [0.15, 0.2) is 18.3 Å². The van der Waals surface area contributed by atoms with Crippen LogP contribution in [0.5, 0.6) is 0 Å². The molecule has 2 N–H and O–H groups in total. The van der Waals surface area contributed by atoms with Crippen molar-refractivity contribution in [1.29, 1.82) is 0 Å². The number of aromatic amines is 1. The van der Waals surface area contributed by atoms with Gasteiger partial charge >= 0.3 is 0 Å². The summed E-state index contributed by atoms with van der Waals surface area (Å²) in [6.45, 7) is 4.72. The van der Waals surface area contributed by atoms with Crippen molar-refractivity contribution in [3.8, 4) is 0 Å². The van der Waals surface area contributed by atoms with E-state index in [0.717, 1.165) is 25.1 Å². The van der Waals surface area contributed by atoms with Gasteiger partial charge in [-0.15, -0.1) is 0 Å². The molecule has 114 valence electrons. The van der Waals surface area contributed by atoms with Gasteiger partial charge in [0, 0.05) is 22.3 Å². The molecule has 1 unspecified atom stereocenters. The molecular formula is C15H18Cl2FN3. The third-order valence-electron chi connectivity index (χ3n) is 3.52. The van der Waals surface area contributed by atoms with Gasteiger partial charge in [0.2, 0.25) is 0 Å². The minimum Gasteiger partial charge on any atom is -0.310 e. The van der Waals surface area contributed by atoms with Crippen LogP contribution < -0.4 is 5.32 Å². The first-order valence-electron chi connectivity index (χ1n) is 6.86. The van der Waals surface area contributed by atoms with E-state index in [2.05, 4.69) is 15.5 Å². The number of aromatic nitrogens is 2. The summed E-state index contributed by atoms with van der Waals surface area (Å²) in [5, 5.41) is 10.8. The van der Waals surface area contributed by atoms with Crippen molar-refractivity contribution < 1.29 is 4.39 Å². The number of hydrogen-bond acceptors (Lipinski definition) is 2. The summed E-state index contributed by atoms with van der Waals surface area (Å²) >= 11 is 12.1. The van der Waals surface area contributed by atoms with E-state index in [1.165, 1.54) is 17.7 Å². The van der Waals surface area contributed by atoms with Crippen LogP contribution in [0.3, 0.4) is 0 Å². The van der Waals surface area contributed by atoms with Crippen molar-refractivity contribution in [3.63, 3.8) is 0 Å². The summed E-state index contributed by atoms with van der Waals surface area (Å²) in [5.41, 5.74) is 2.92. The average molecular weight is 330 g/mol. The second-order valence-electron chi connectivity index (χ2n) is 5.06. The van der Waals surface area contributed by atoms with Crippen LogP contribution in [0, 0.1) is 12.7 Å². The molecule has 0 bridgehead atoms. The predicted octanol–water partition coefficient (Wildman–Crippen LogP) is 4.45. The lowest BCUT2D eigenvalue weighted by Gasteiger charge is -2.17. The quantitative estimate of drug-likeness (QED) is 0.607. The Labute approximate surface area is 133 Å². The van der Waals surface area contributed by atoms with Crippen LogP contribution >= 0.6 is 23.2 Å². The molecule has 3 nitrogen and oxygen atoms in total. The van der Waals surface area contributed by atoms with Gasteiger partial charge in [-0.25, -0.2) is 4.39 Å². The number of H-pyrrole nitrogens is 1. The zero-order chi connectivity index (χ0) is 15.4. The number of aryl methyl sites for hydroxylation is 2. The molecule has 1 aromatic carbocycles. The lowest BCUT2D eigenvalue weighted by atomic mass is 10.1. The third kappa shape index (κ3) is 3.96. The first-order valence-corrected chi connectivity index (χ1v) is 7.62. The topological polar surface area (TPSA) is 40.7 Å². The summed E-state index contributed by atoms with van der Waals surface area (Å²) in [6.07, 6.45) is 3.74. The summed E-state index contributed by atoms with van der Waals surface area (Å²) in [5.74, 6) is -0.446. The first kappa shape index (κ1) is 16.3. The highest BCUT2D eigenvalue weighted by Crippen LogP contribution is 2.32. The average Bonchev–Trinajstić information content (AvgIpc) is 2.85. The van der Waals surface area contributed by atoms with Gasteiger partial charge in [0.15, 0.2) is 0 Å². The minimum absolute atomic E-state index is 0.0909. The SMILES string of the molecule is Cc1[nH]ncc1CCCNC(C)c1c(Cl)ccc(F)c1Cl. The molecule has 0 saturated heterocycles. The molecule has 21 heavy (non-hydrogen) atoms. The summed E-state index contributed by atoms with van der Waals surface area (Å²) in [7, 11) is 0. The van der Waals surface area contributed by atoms with Gasteiger partial charge < -0.3 is 5.32 Å². The van der Waals surface area contributed by atoms with Crippen LogP contribution in [0.25, 0.3) is 0 Å². The Morgan fingerprint density at radius 2 is 2.14 bits per heavy atom. The van der Waals surface area contributed by atoms with E-state index in [0.29, 0.717) is 10.6 Å². The Bertz CT molecular complexity index is 613. The lowest BCUT2D eigenvalue weighted by molar-refractivity contribution is 0.552. The van der Waals surface area contributed by atoms with E-state index in [1.807, 2.05) is 20.0 Å². The lowest BCUT2D eigenvalue weighted by Crippen LogP contribution is -2.21. The number of rotatable bonds is 6. The van der Waals surface area contributed by atoms with Crippen molar-refractivity contribution >= 4 is 23.2 Å². The predicted molar refractivity (Wildman–Crippen MR) is 84.5 cm³/mol. The Hall–Kier alpha value is -1.10. The Morgan fingerprint density at radius 1 is 1.38 bits per heavy atom. The van der Waals surface area contributed by atoms with Gasteiger partial charge in [-0.3, -0.25) is 5.10 Å². The molecule has 0 aliphatic heterocycles. The standard InChI is InChI=1S/C15H18Cl2FN3/c1-9-11(8-20-21-9)4-3-7-19-10(2)14-12(16)5-6-13(18)15(14)17/h5-6,8,10,19H,3-4,7H2,1-2H3,(H,20,21). The Morgan fingerprint density at radius 3 is 2.81 bits per heavy atom. The molecular weight excluding hydrogens is 312 g/mol. The molecule has 1 aromatic heterocycles. The van der Waals surface area contributed by atoms with Gasteiger partial charge in [-0.05, 0) is 50.9 Å². The van der Waals surface area contributed by atoms with Gasteiger partial charge in [-0.2, -0.15) is 5.10 Å². The third-order valence-corrected chi connectivity index (χ3v) is 4.23. The van der Waals surface area contributed by atoms with Crippen LogP contribution in [-0.2, 0) is 6.42 Å². The molecule has 0 aliphatic rings. The maximum absolute atomic E-state index is 13.5. The smallest absolute Gasteiger partial charge is 0.142 e. The zero-order valence-electron chi connectivity index (χ0n) is 12.0. The number of nitrogens with zero attached hydrogens (tertiary/aromatic N) is 1. The summed E-state index contributed by atoms with van der Waals surface area (Å²) in [6, 6.07) is 2.71. The van der Waals surface area contributed by atoms with Crippen molar-refractivity contribution in [3.05, 3.63) is 51.0 Å². The van der Waals surface area contributed by atoms with Crippen LogP contribution in [0.1, 0.15) is 36.2 Å². The fourth-order valence-corrected chi connectivity index (χ4v) is 2.96. The van der Waals surface area contributed by atoms with E-state index >= 15 is 0 Å². The van der Waals surface area contributed by atoms with Gasteiger partial charge in [0.25, 0.3) is 0 Å². The molecule has 6 heteroatoms. The fraction of sp³-hybridized carbons (Fsp3) is 0.400. The van der Waals surface area contributed by atoms with E-state index in [1.54, 1.807) is 0 Å². The number of hydrogen-bond donors (Lipinski definition) is 2. The van der Waals surface area contributed by atoms with Crippen molar-refractivity contribution in [2.45, 2.75) is 32.7 Å². The maximum Gasteiger partial charge on any atom is 0.142 e. The van der Waals surface area contributed by atoms with E-state index < -0.39 is 5.82 Å². The number of nitrogens with one attached hydrogen (secondary N) is 2. The molecule has 2 rings (SSSR count). The second-order valence-corrected chi connectivity index (χ2v) is 5.84. The molecule has 0 fully saturated rings. The highest BCUT2D eigenvalue weighted by molar-refractivity contribution is 6.36. The molecule has 0 radical (unpaired) electrons. The highest BCUT2D eigenvalue weighted by atomic mass is 35.5. The summed E-state index contributed by atoms with van der Waals surface area (Å²) in [4.78, 5) is 0. The van der Waals surface area contributed by atoms with E-state index in [-0.39, 0.29) is 11.1 Å². The van der Waals surface area contributed by atoms with Gasteiger partial charge in [0.05, 0.1) is 11.2 Å². The minimum atomic E-state index is -0.446. The van der Waals surface area contributed by atoms with E-state index in [4.69, 9.17) is 23.2 Å². The second kappa shape index (κ2) is 7.25. The van der Waals surface area contributed by atoms with Crippen LogP contribution in [0.4, 0.5) is 4.39 Å². The summed E-state index contributed by atoms with van der Waals surface area (Å²) < 4.78 is 13.5. The molecule has 1 atom stereocenters. The Kier molecular flexibility index (Phi) is 5.62. The molecule has 0 amide bonds. The van der Waals surface area contributed by atoms with Crippen LogP contribution in [0.2, 0.25) is 10.0 Å². The largest absolute Gasteiger partial charge is 0.310 e. The number of benzene rings is 1. The van der Waals surface area contributed by atoms with Crippen molar-refractivity contribution in [2.75, 3.05) is 6.54 Å². The molecule has 0 aliphatic carbocycles. The monoisotopic (exact) mass is 329 g/mol. The maximum atomic E-state index is 13.5. The molecule has 1 heterocycles. The fourth-order valence-electron chi connectivity index (χ4n) is 2.27. The van der Waals surface area contributed by atoms with E-state index in [9.17, 15) is 4.39 Å². The van der Waals surface area contributed by atoms with Crippen molar-refractivity contribution in [2.24, 2.45) is 0 Å². The normalized spacial score (nSPS) is 12.6. The Balaban J connectivity index is 1.89. The van der Waals surface area contributed by atoms with Crippen molar-refractivity contribution in [1.82, 2.24) is 15.5 Å². The molecule has 2 aromatic rings. The highest BCUT2D eigenvalue weighted by Gasteiger charge is 2.16. The zero-order valence-corrected chi connectivity index (χ0v) is 13.5. The molecule has 0 spiro atoms. The first-order chi connectivity index (χ1) is 10.0. The number of halogens is 3.